The van der Waals surface area contributed by atoms with E-state index in [4.69, 9.17) is 0 Å². The van der Waals surface area contributed by atoms with Gasteiger partial charge in [0.05, 0.1) is 6.10 Å². The average Bonchev–Trinajstić information content (AvgIpc) is 2.31. The molecule has 1 aliphatic rings. The van der Waals surface area contributed by atoms with Crippen LogP contribution in [0.2, 0.25) is 0 Å². The molecule has 0 saturated heterocycles. The van der Waals surface area contributed by atoms with Crippen LogP contribution in [0.4, 0.5) is 13.2 Å². The van der Waals surface area contributed by atoms with Crippen molar-refractivity contribution < 1.29 is 17.9 Å². The van der Waals surface area contributed by atoms with Gasteiger partial charge >= 0.3 is 6.36 Å². The van der Waals surface area contributed by atoms with Crippen molar-refractivity contribution in [3.05, 3.63) is 0 Å². The van der Waals surface area contributed by atoms with Gasteiger partial charge in [-0.3, -0.25) is 4.74 Å². The summed E-state index contributed by atoms with van der Waals surface area (Å²) in [6.07, 6.45) is -2.83. The van der Waals surface area contributed by atoms with Gasteiger partial charge in [0.15, 0.2) is 0 Å². The SMILES string of the molecule is CC(C)[C@@H]1CCC[C@H]1OC(F)(F)F. The molecule has 0 unspecified atom stereocenters. The van der Waals surface area contributed by atoms with Gasteiger partial charge in [-0.05, 0) is 24.7 Å². The lowest BCUT2D eigenvalue weighted by molar-refractivity contribution is -0.347. The van der Waals surface area contributed by atoms with E-state index < -0.39 is 12.5 Å². The number of ether oxygens (including phenoxy) is 1. The van der Waals surface area contributed by atoms with Crippen LogP contribution in [-0.2, 0) is 4.74 Å². The molecule has 0 heterocycles. The van der Waals surface area contributed by atoms with Gasteiger partial charge in [0, 0.05) is 0 Å². The molecule has 0 aromatic heterocycles. The lowest BCUT2D eigenvalue weighted by atomic mass is 9.92. The second kappa shape index (κ2) is 3.86. The number of hydrogen-bond acceptors (Lipinski definition) is 1. The molecule has 1 rings (SSSR count). The Bertz CT molecular complexity index is 165. The highest BCUT2D eigenvalue weighted by Gasteiger charge is 2.39. The first-order valence-electron chi connectivity index (χ1n) is 4.64. The third kappa shape index (κ3) is 3.18. The Morgan fingerprint density at radius 2 is 1.85 bits per heavy atom. The highest BCUT2D eigenvalue weighted by Crippen LogP contribution is 2.36. The van der Waals surface area contributed by atoms with Crippen LogP contribution >= 0.6 is 0 Å². The van der Waals surface area contributed by atoms with Gasteiger partial charge < -0.3 is 0 Å². The predicted molar refractivity (Wildman–Crippen MR) is 43.1 cm³/mol. The molecule has 0 amide bonds. The van der Waals surface area contributed by atoms with E-state index in [9.17, 15) is 13.2 Å². The minimum atomic E-state index is -4.47. The molecule has 0 aromatic rings. The van der Waals surface area contributed by atoms with Crippen LogP contribution in [-0.4, -0.2) is 12.5 Å². The van der Waals surface area contributed by atoms with Crippen LogP contribution in [0.15, 0.2) is 0 Å². The first kappa shape index (κ1) is 10.8. The van der Waals surface area contributed by atoms with Crippen molar-refractivity contribution in [1.29, 1.82) is 0 Å². The van der Waals surface area contributed by atoms with Gasteiger partial charge in [0.2, 0.25) is 0 Å². The molecular formula is C9H15F3O. The van der Waals surface area contributed by atoms with Crippen LogP contribution < -0.4 is 0 Å². The first-order chi connectivity index (χ1) is 5.90. The summed E-state index contributed by atoms with van der Waals surface area (Å²) in [5.41, 5.74) is 0. The Morgan fingerprint density at radius 1 is 1.23 bits per heavy atom. The maximum atomic E-state index is 11.9. The molecule has 0 spiro atoms. The Morgan fingerprint density at radius 3 is 2.31 bits per heavy atom. The van der Waals surface area contributed by atoms with Gasteiger partial charge in [-0.1, -0.05) is 20.3 Å². The molecule has 1 fully saturated rings. The monoisotopic (exact) mass is 196 g/mol. The highest BCUT2D eigenvalue weighted by molar-refractivity contribution is 4.80. The first-order valence-corrected chi connectivity index (χ1v) is 4.64. The average molecular weight is 196 g/mol. The third-order valence-electron chi connectivity index (χ3n) is 2.64. The van der Waals surface area contributed by atoms with Crippen LogP contribution in [0.25, 0.3) is 0 Å². The van der Waals surface area contributed by atoms with E-state index in [1.54, 1.807) is 0 Å². The van der Waals surface area contributed by atoms with E-state index in [1.165, 1.54) is 0 Å². The summed E-state index contributed by atoms with van der Waals surface area (Å²) in [5.74, 6) is 0.344. The largest absolute Gasteiger partial charge is 0.522 e. The Balaban J connectivity index is 2.49. The van der Waals surface area contributed by atoms with E-state index in [0.29, 0.717) is 6.42 Å². The Labute approximate surface area is 76.3 Å². The van der Waals surface area contributed by atoms with Crippen molar-refractivity contribution in [1.82, 2.24) is 0 Å². The minimum absolute atomic E-state index is 0.0709. The fourth-order valence-electron chi connectivity index (χ4n) is 2.04. The number of alkyl halides is 3. The zero-order valence-electron chi connectivity index (χ0n) is 7.90. The second-order valence-electron chi connectivity index (χ2n) is 3.94. The van der Waals surface area contributed by atoms with Gasteiger partial charge in [-0.15, -0.1) is 13.2 Å². The second-order valence-corrected chi connectivity index (χ2v) is 3.94. The molecule has 0 radical (unpaired) electrons. The quantitative estimate of drug-likeness (QED) is 0.658. The van der Waals surface area contributed by atoms with Gasteiger partial charge in [-0.2, -0.15) is 0 Å². The molecule has 4 heteroatoms. The zero-order chi connectivity index (χ0) is 10.1. The Hall–Kier alpha value is -0.250. The van der Waals surface area contributed by atoms with Crippen molar-refractivity contribution in [3.63, 3.8) is 0 Å². The molecule has 1 aliphatic carbocycles. The van der Waals surface area contributed by atoms with E-state index in [-0.39, 0.29) is 11.8 Å². The summed E-state index contributed by atoms with van der Waals surface area (Å²) in [6, 6.07) is 0. The van der Waals surface area contributed by atoms with Gasteiger partial charge in [0.1, 0.15) is 0 Å². The molecule has 0 aliphatic heterocycles. The highest BCUT2D eigenvalue weighted by atomic mass is 19.4. The fourth-order valence-corrected chi connectivity index (χ4v) is 2.04. The van der Waals surface area contributed by atoms with E-state index in [1.807, 2.05) is 13.8 Å². The summed E-state index contributed by atoms with van der Waals surface area (Å²) in [5, 5.41) is 0. The van der Waals surface area contributed by atoms with E-state index >= 15 is 0 Å². The number of halogens is 3. The third-order valence-corrected chi connectivity index (χ3v) is 2.64. The molecule has 2 atom stereocenters. The van der Waals surface area contributed by atoms with Gasteiger partial charge in [-0.25, -0.2) is 0 Å². The lowest BCUT2D eigenvalue weighted by Gasteiger charge is -2.24. The molecule has 78 valence electrons. The molecule has 0 N–H and O–H groups in total. The molecule has 1 nitrogen and oxygen atoms in total. The van der Waals surface area contributed by atoms with Crippen LogP contribution in [0.3, 0.4) is 0 Å². The van der Waals surface area contributed by atoms with E-state index in [2.05, 4.69) is 4.74 Å². The van der Waals surface area contributed by atoms with Crippen molar-refractivity contribution in [2.45, 2.75) is 45.6 Å². The maximum Gasteiger partial charge on any atom is 0.522 e. The van der Waals surface area contributed by atoms with E-state index in [0.717, 1.165) is 12.8 Å². The molecule has 0 bridgehead atoms. The predicted octanol–water partition coefficient (Wildman–Crippen LogP) is 3.35. The smallest absolute Gasteiger partial charge is 0.288 e. The molecule has 13 heavy (non-hydrogen) atoms. The van der Waals surface area contributed by atoms with Crippen molar-refractivity contribution in [3.8, 4) is 0 Å². The van der Waals surface area contributed by atoms with Crippen LogP contribution in [0.1, 0.15) is 33.1 Å². The summed E-state index contributed by atoms with van der Waals surface area (Å²) < 4.78 is 39.8. The molecule has 1 saturated carbocycles. The summed E-state index contributed by atoms with van der Waals surface area (Å²) in [7, 11) is 0. The fraction of sp³-hybridized carbons (Fsp3) is 1.00. The van der Waals surface area contributed by atoms with Crippen molar-refractivity contribution in [2.24, 2.45) is 11.8 Å². The molecular weight excluding hydrogens is 181 g/mol. The van der Waals surface area contributed by atoms with Crippen LogP contribution in [0, 0.1) is 11.8 Å². The van der Waals surface area contributed by atoms with Crippen LogP contribution in [0.5, 0.6) is 0 Å². The standard InChI is InChI=1S/C9H15F3O/c1-6(2)7-4-3-5-8(7)13-9(10,11)12/h6-8H,3-5H2,1-2H3/t7-,8+/m0/s1. The van der Waals surface area contributed by atoms with Gasteiger partial charge in [0.25, 0.3) is 0 Å². The zero-order valence-corrected chi connectivity index (χ0v) is 7.90. The summed E-state index contributed by atoms with van der Waals surface area (Å²) >= 11 is 0. The summed E-state index contributed by atoms with van der Waals surface area (Å²) in [6.45, 7) is 3.89. The summed E-state index contributed by atoms with van der Waals surface area (Å²) in [4.78, 5) is 0. The Kier molecular flexibility index (Phi) is 3.22. The molecule has 0 aromatic carbocycles. The number of rotatable bonds is 2. The maximum absolute atomic E-state index is 11.9. The van der Waals surface area contributed by atoms with Crippen molar-refractivity contribution >= 4 is 0 Å². The lowest BCUT2D eigenvalue weighted by Crippen LogP contribution is -2.29. The normalized spacial score (nSPS) is 30.0. The van der Waals surface area contributed by atoms with Crippen molar-refractivity contribution in [2.75, 3.05) is 0 Å². The topological polar surface area (TPSA) is 9.23 Å². The number of hydrogen-bond donors (Lipinski definition) is 0. The minimum Gasteiger partial charge on any atom is -0.288 e.